The molecule has 5 heteroatoms. The number of rotatable bonds is 4. The molecule has 0 saturated carbocycles. The molecule has 0 spiro atoms. The Kier molecular flexibility index (Phi) is 4.27. The average Bonchev–Trinajstić information content (AvgIpc) is 2.61. The highest BCUT2D eigenvalue weighted by Gasteiger charge is 2.11. The Labute approximate surface area is 121 Å². The van der Waals surface area contributed by atoms with Gasteiger partial charge in [0.05, 0.1) is 15.9 Å². The molecule has 1 aromatic carbocycles. The van der Waals surface area contributed by atoms with Gasteiger partial charge in [0.1, 0.15) is 12.4 Å². The molecular formula is C14H18BrN3O. The molecule has 1 atom stereocenters. The van der Waals surface area contributed by atoms with E-state index in [2.05, 4.69) is 21.0 Å². The highest BCUT2D eigenvalue weighted by molar-refractivity contribution is 9.10. The fourth-order valence-electron chi connectivity index (χ4n) is 1.88. The maximum Gasteiger partial charge on any atom is 0.131 e. The summed E-state index contributed by atoms with van der Waals surface area (Å²) in [7, 11) is 1.91. The standard InChI is InChI=1S/C14H18BrN3O/c1-9(16)11-5-4-6-12(7-11)19-8-13-14(15)10(2)17-18(13)3/h4-7,9H,8,16H2,1-3H3. The summed E-state index contributed by atoms with van der Waals surface area (Å²) in [6, 6.07) is 7.87. The van der Waals surface area contributed by atoms with E-state index in [0.717, 1.165) is 27.2 Å². The summed E-state index contributed by atoms with van der Waals surface area (Å²) in [5, 5.41) is 4.34. The predicted molar refractivity (Wildman–Crippen MR) is 79.0 cm³/mol. The van der Waals surface area contributed by atoms with Crippen LogP contribution in [0.2, 0.25) is 0 Å². The molecule has 0 aliphatic carbocycles. The number of aryl methyl sites for hydroxylation is 2. The molecule has 2 rings (SSSR count). The van der Waals surface area contributed by atoms with Crippen molar-refractivity contribution in [3.05, 3.63) is 45.7 Å². The molecule has 19 heavy (non-hydrogen) atoms. The smallest absolute Gasteiger partial charge is 0.131 e. The van der Waals surface area contributed by atoms with Crippen LogP contribution in [0.3, 0.4) is 0 Å². The van der Waals surface area contributed by atoms with Crippen LogP contribution in [-0.2, 0) is 13.7 Å². The van der Waals surface area contributed by atoms with Gasteiger partial charge < -0.3 is 10.5 Å². The highest BCUT2D eigenvalue weighted by Crippen LogP contribution is 2.23. The molecule has 1 aromatic heterocycles. The van der Waals surface area contributed by atoms with Crippen LogP contribution in [0, 0.1) is 6.92 Å². The van der Waals surface area contributed by atoms with Crippen LogP contribution in [0.1, 0.15) is 29.9 Å². The zero-order chi connectivity index (χ0) is 14.0. The Morgan fingerprint density at radius 2 is 2.21 bits per heavy atom. The lowest BCUT2D eigenvalue weighted by Crippen LogP contribution is -2.06. The summed E-state index contributed by atoms with van der Waals surface area (Å²) < 4.78 is 8.64. The van der Waals surface area contributed by atoms with Crippen molar-refractivity contribution >= 4 is 15.9 Å². The Bertz CT molecular complexity index is 578. The Hall–Kier alpha value is -1.33. The number of halogens is 1. The second-order valence-corrected chi connectivity index (χ2v) is 5.41. The van der Waals surface area contributed by atoms with E-state index in [0.29, 0.717) is 6.61 Å². The summed E-state index contributed by atoms with van der Waals surface area (Å²) in [5.74, 6) is 0.820. The first-order valence-electron chi connectivity index (χ1n) is 6.15. The molecule has 0 aliphatic heterocycles. The van der Waals surface area contributed by atoms with Gasteiger partial charge in [0.2, 0.25) is 0 Å². The molecular weight excluding hydrogens is 306 g/mol. The SMILES string of the molecule is Cc1nn(C)c(COc2cccc(C(C)N)c2)c1Br. The van der Waals surface area contributed by atoms with Crippen LogP contribution < -0.4 is 10.5 Å². The zero-order valence-corrected chi connectivity index (χ0v) is 12.9. The maximum atomic E-state index is 5.86. The van der Waals surface area contributed by atoms with Crippen LogP contribution in [-0.4, -0.2) is 9.78 Å². The van der Waals surface area contributed by atoms with Crippen LogP contribution in [0.15, 0.2) is 28.7 Å². The van der Waals surface area contributed by atoms with Gasteiger partial charge in [-0.3, -0.25) is 4.68 Å². The lowest BCUT2D eigenvalue weighted by atomic mass is 10.1. The minimum atomic E-state index is 0.00855. The van der Waals surface area contributed by atoms with Crippen molar-refractivity contribution in [3.8, 4) is 5.75 Å². The molecule has 4 nitrogen and oxygen atoms in total. The fourth-order valence-corrected chi connectivity index (χ4v) is 2.33. The number of benzene rings is 1. The second-order valence-electron chi connectivity index (χ2n) is 4.62. The Morgan fingerprint density at radius 1 is 1.47 bits per heavy atom. The van der Waals surface area contributed by atoms with Crippen LogP contribution >= 0.6 is 15.9 Å². The predicted octanol–water partition coefficient (Wildman–Crippen LogP) is 3.09. The molecule has 0 aliphatic rings. The van der Waals surface area contributed by atoms with Gasteiger partial charge in [-0.25, -0.2) is 0 Å². The monoisotopic (exact) mass is 323 g/mol. The number of aromatic nitrogens is 2. The van der Waals surface area contributed by atoms with Crippen molar-refractivity contribution in [2.75, 3.05) is 0 Å². The van der Waals surface area contributed by atoms with Crippen LogP contribution in [0.25, 0.3) is 0 Å². The van der Waals surface area contributed by atoms with E-state index in [1.165, 1.54) is 0 Å². The first-order chi connectivity index (χ1) is 8.99. The average molecular weight is 324 g/mol. The normalized spacial score (nSPS) is 12.5. The van der Waals surface area contributed by atoms with Gasteiger partial charge >= 0.3 is 0 Å². The van der Waals surface area contributed by atoms with Crippen molar-refractivity contribution in [3.63, 3.8) is 0 Å². The third-order valence-corrected chi connectivity index (χ3v) is 4.05. The van der Waals surface area contributed by atoms with Crippen molar-refractivity contribution in [2.45, 2.75) is 26.5 Å². The largest absolute Gasteiger partial charge is 0.487 e. The van der Waals surface area contributed by atoms with Gasteiger partial charge in [-0.15, -0.1) is 0 Å². The van der Waals surface area contributed by atoms with Gasteiger partial charge in [0, 0.05) is 13.1 Å². The molecule has 2 N–H and O–H groups in total. The Morgan fingerprint density at radius 3 is 2.79 bits per heavy atom. The second kappa shape index (κ2) is 5.75. The van der Waals surface area contributed by atoms with Crippen molar-refractivity contribution in [2.24, 2.45) is 12.8 Å². The van der Waals surface area contributed by atoms with Gasteiger partial charge in [-0.2, -0.15) is 5.10 Å². The fraction of sp³-hybridized carbons (Fsp3) is 0.357. The number of hydrogen-bond donors (Lipinski definition) is 1. The van der Waals surface area contributed by atoms with E-state index < -0.39 is 0 Å². The number of nitrogens with zero attached hydrogens (tertiary/aromatic N) is 2. The lowest BCUT2D eigenvalue weighted by Gasteiger charge is -2.10. The minimum Gasteiger partial charge on any atom is -0.487 e. The van der Waals surface area contributed by atoms with Gasteiger partial charge in [-0.05, 0) is 47.5 Å². The van der Waals surface area contributed by atoms with Crippen molar-refractivity contribution in [1.82, 2.24) is 9.78 Å². The number of nitrogens with two attached hydrogens (primary N) is 1. The number of ether oxygens (including phenoxy) is 1. The third kappa shape index (κ3) is 3.16. The first-order valence-corrected chi connectivity index (χ1v) is 6.94. The molecule has 102 valence electrons. The van der Waals surface area contributed by atoms with Gasteiger partial charge in [0.15, 0.2) is 0 Å². The van der Waals surface area contributed by atoms with Crippen LogP contribution in [0.4, 0.5) is 0 Å². The molecule has 1 heterocycles. The summed E-state index contributed by atoms with van der Waals surface area (Å²) in [4.78, 5) is 0. The van der Waals surface area contributed by atoms with E-state index in [1.807, 2.05) is 49.8 Å². The molecule has 0 bridgehead atoms. The topological polar surface area (TPSA) is 53.1 Å². The summed E-state index contributed by atoms with van der Waals surface area (Å²) in [6.45, 7) is 4.39. The van der Waals surface area contributed by atoms with E-state index in [1.54, 1.807) is 0 Å². The van der Waals surface area contributed by atoms with E-state index in [9.17, 15) is 0 Å². The highest BCUT2D eigenvalue weighted by atomic mass is 79.9. The lowest BCUT2D eigenvalue weighted by molar-refractivity contribution is 0.293. The first kappa shape index (κ1) is 14.1. The quantitative estimate of drug-likeness (QED) is 0.940. The minimum absolute atomic E-state index is 0.00855. The zero-order valence-electron chi connectivity index (χ0n) is 11.4. The van der Waals surface area contributed by atoms with Crippen molar-refractivity contribution < 1.29 is 4.74 Å². The van der Waals surface area contributed by atoms with Crippen molar-refractivity contribution in [1.29, 1.82) is 0 Å². The Balaban J connectivity index is 2.12. The summed E-state index contributed by atoms with van der Waals surface area (Å²) in [5.41, 5.74) is 8.91. The van der Waals surface area contributed by atoms with Crippen LogP contribution in [0.5, 0.6) is 5.75 Å². The molecule has 0 radical (unpaired) electrons. The third-order valence-electron chi connectivity index (χ3n) is 3.02. The molecule has 2 aromatic rings. The van der Waals surface area contributed by atoms with Gasteiger partial charge in [-0.1, -0.05) is 12.1 Å². The number of hydrogen-bond acceptors (Lipinski definition) is 3. The van der Waals surface area contributed by atoms with E-state index in [-0.39, 0.29) is 6.04 Å². The summed E-state index contributed by atoms with van der Waals surface area (Å²) >= 11 is 3.53. The van der Waals surface area contributed by atoms with E-state index in [4.69, 9.17) is 10.5 Å². The van der Waals surface area contributed by atoms with E-state index >= 15 is 0 Å². The summed E-state index contributed by atoms with van der Waals surface area (Å²) in [6.07, 6.45) is 0. The maximum absolute atomic E-state index is 5.86. The molecule has 0 amide bonds. The molecule has 0 fully saturated rings. The molecule has 0 saturated heterocycles. The van der Waals surface area contributed by atoms with Gasteiger partial charge in [0.25, 0.3) is 0 Å². The molecule has 1 unspecified atom stereocenters.